The lowest BCUT2D eigenvalue weighted by Crippen LogP contribution is -2.45. The third kappa shape index (κ3) is 8.71. The highest BCUT2D eigenvalue weighted by Crippen LogP contribution is 2.34. The van der Waals surface area contributed by atoms with E-state index < -0.39 is 0 Å². The van der Waals surface area contributed by atoms with E-state index in [2.05, 4.69) is 50.7 Å². The number of aryl methyl sites for hydroxylation is 1. The molecule has 7 nitrogen and oxygen atoms in total. The van der Waals surface area contributed by atoms with Crippen molar-refractivity contribution in [2.45, 2.75) is 65.4 Å². The zero-order chi connectivity index (χ0) is 29.9. The summed E-state index contributed by atoms with van der Waals surface area (Å²) in [6.07, 6.45) is 8.68. The van der Waals surface area contributed by atoms with Gasteiger partial charge in [0.05, 0.1) is 12.1 Å². The number of hydrogen-bond donors (Lipinski definition) is 0. The molecule has 0 N–H and O–H groups in total. The first kappa shape index (κ1) is 32.0. The second-order valence-corrected chi connectivity index (χ2v) is 11.5. The molecule has 0 atom stereocenters. The Bertz CT molecular complexity index is 1200. The van der Waals surface area contributed by atoms with Crippen molar-refractivity contribution < 1.29 is 14.3 Å². The van der Waals surface area contributed by atoms with E-state index in [1.807, 2.05) is 46.2 Å². The monoisotopic (exact) mass is 560 g/mol. The molecule has 0 spiro atoms. The van der Waals surface area contributed by atoms with E-state index in [-0.39, 0.29) is 24.5 Å². The normalized spacial score (nSPS) is 15.8. The van der Waals surface area contributed by atoms with Crippen LogP contribution in [0.5, 0.6) is 5.75 Å². The largest absolute Gasteiger partial charge is 0.490 e. The highest BCUT2D eigenvalue weighted by molar-refractivity contribution is 5.98. The lowest BCUT2D eigenvalue weighted by Gasteiger charge is -2.34. The Kier molecular flexibility index (Phi) is 12.0. The van der Waals surface area contributed by atoms with Crippen molar-refractivity contribution in [3.63, 3.8) is 0 Å². The Morgan fingerprint density at radius 3 is 2.61 bits per heavy atom. The molecule has 0 bridgehead atoms. The minimum atomic E-state index is -0.0329. The number of aliphatic imine (C=N–C) groups is 1. The fourth-order valence-corrected chi connectivity index (χ4v) is 5.64. The average Bonchev–Trinajstić information content (AvgIpc) is 3.43. The molecule has 2 amide bonds. The fourth-order valence-electron chi connectivity index (χ4n) is 5.64. The molecule has 3 rings (SSSR count). The summed E-state index contributed by atoms with van der Waals surface area (Å²) in [7, 11) is 3.72. The van der Waals surface area contributed by atoms with Gasteiger partial charge in [-0.3, -0.25) is 14.6 Å². The molecule has 0 radical (unpaired) electrons. The molecule has 1 aliphatic carbocycles. The van der Waals surface area contributed by atoms with Crippen molar-refractivity contribution >= 4 is 18.0 Å². The van der Waals surface area contributed by atoms with Gasteiger partial charge in [-0.15, -0.1) is 12.3 Å². The molecular formula is C34H48N4O3. The zero-order valence-electron chi connectivity index (χ0n) is 25.7. The number of hydrogen-bond acceptors (Lipinski definition) is 5. The minimum absolute atomic E-state index is 0.0329. The highest BCUT2D eigenvalue weighted by Gasteiger charge is 2.30. The number of benzene rings is 1. The Hall–Kier alpha value is -3.57. The summed E-state index contributed by atoms with van der Waals surface area (Å²) in [5.74, 6) is 1.26. The van der Waals surface area contributed by atoms with Gasteiger partial charge in [0.2, 0.25) is 5.91 Å². The van der Waals surface area contributed by atoms with E-state index >= 15 is 0 Å². The number of carbonyl (C=O) groups excluding carboxylic acids is 2. The number of likely N-dealkylation sites (tertiary alicyclic amines) is 1. The molecule has 1 saturated heterocycles. The molecule has 0 unspecified atom stereocenters. The van der Waals surface area contributed by atoms with Gasteiger partial charge in [0.25, 0.3) is 5.91 Å². The molecule has 0 saturated carbocycles. The van der Waals surface area contributed by atoms with Gasteiger partial charge in [0, 0.05) is 65.0 Å². The first-order chi connectivity index (χ1) is 19.7. The van der Waals surface area contributed by atoms with E-state index in [0.29, 0.717) is 37.7 Å². The Labute approximate surface area is 246 Å². The van der Waals surface area contributed by atoms with Gasteiger partial charge in [0.1, 0.15) is 11.9 Å². The van der Waals surface area contributed by atoms with Crippen molar-refractivity contribution in [2.24, 2.45) is 10.9 Å². The van der Waals surface area contributed by atoms with E-state index in [0.717, 1.165) is 66.7 Å². The summed E-state index contributed by atoms with van der Waals surface area (Å²) in [5.41, 5.74) is 7.75. The lowest BCUT2D eigenvalue weighted by atomic mass is 10.0. The van der Waals surface area contributed by atoms with Crippen LogP contribution >= 0.6 is 0 Å². The van der Waals surface area contributed by atoms with Crippen molar-refractivity contribution in [3.05, 3.63) is 71.1 Å². The maximum Gasteiger partial charge on any atom is 0.262 e. The number of likely N-dealkylation sites (N-methyl/N-ethyl adjacent to an activating group) is 1. The number of nitrogens with zero attached hydrogens (tertiary/aromatic N) is 4. The van der Waals surface area contributed by atoms with Crippen LogP contribution in [0.2, 0.25) is 0 Å². The quantitative estimate of drug-likeness (QED) is 0.137. The number of allylic oxidation sites excluding steroid dienone is 1. The first-order valence-corrected chi connectivity index (χ1v) is 14.9. The summed E-state index contributed by atoms with van der Waals surface area (Å²) in [5, 5.41) is 0. The van der Waals surface area contributed by atoms with Crippen LogP contribution in [0.4, 0.5) is 0 Å². The van der Waals surface area contributed by atoms with E-state index in [9.17, 15) is 9.59 Å². The zero-order valence-corrected chi connectivity index (χ0v) is 25.7. The number of amides is 2. The molecule has 1 aromatic carbocycles. The molecular weight excluding hydrogens is 512 g/mol. The second kappa shape index (κ2) is 15.4. The summed E-state index contributed by atoms with van der Waals surface area (Å²) in [6.45, 7) is 16.9. The number of rotatable bonds is 13. The van der Waals surface area contributed by atoms with Gasteiger partial charge in [0.15, 0.2) is 0 Å². The summed E-state index contributed by atoms with van der Waals surface area (Å²) in [6, 6.07) is 6.08. The molecule has 41 heavy (non-hydrogen) atoms. The van der Waals surface area contributed by atoms with Gasteiger partial charge >= 0.3 is 0 Å². The van der Waals surface area contributed by atoms with Crippen LogP contribution in [0.1, 0.15) is 63.5 Å². The van der Waals surface area contributed by atoms with E-state index in [1.165, 1.54) is 0 Å². The fraction of sp³-hybridized carbons (Fsp3) is 0.529. The van der Waals surface area contributed by atoms with Crippen LogP contribution in [-0.2, 0) is 9.59 Å². The third-order valence-corrected chi connectivity index (χ3v) is 7.81. The smallest absolute Gasteiger partial charge is 0.262 e. The number of ether oxygens (including phenoxy) is 1. The first-order valence-electron chi connectivity index (χ1n) is 14.9. The number of piperidine rings is 1. The molecule has 0 aromatic heterocycles. The van der Waals surface area contributed by atoms with Crippen LogP contribution in [0.15, 0.2) is 65.0 Å². The molecule has 2 aliphatic rings. The molecule has 1 aliphatic heterocycles. The van der Waals surface area contributed by atoms with Crippen molar-refractivity contribution in [3.8, 4) is 5.75 Å². The number of carbonyl (C=O) groups is 2. The summed E-state index contributed by atoms with van der Waals surface area (Å²) >= 11 is 0. The van der Waals surface area contributed by atoms with Gasteiger partial charge < -0.3 is 19.4 Å². The van der Waals surface area contributed by atoms with Gasteiger partial charge in [-0.2, -0.15) is 0 Å². The average molecular weight is 561 g/mol. The maximum absolute atomic E-state index is 13.6. The molecule has 1 aromatic rings. The van der Waals surface area contributed by atoms with E-state index in [4.69, 9.17) is 4.74 Å². The standard InChI is InChI=1S/C34H48N4O3/c1-8-10-18-38(23-25(3)4)34(40)30(9-2)31-12-11-13-32(31)36(7)24-33(39)37-19-16-28(17-20-37)41-29-15-14-26(5)27(21-29)22-35-6/h8,14-15,21-22,25,28H,1-2,10-13,16-20,23-24H2,3-7H3. The summed E-state index contributed by atoms with van der Waals surface area (Å²) < 4.78 is 6.26. The van der Waals surface area contributed by atoms with Crippen molar-refractivity contribution in [1.82, 2.24) is 14.7 Å². The van der Waals surface area contributed by atoms with Crippen LogP contribution in [0.3, 0.4) is 0 Å². The van der Waals surface area contributed by atoms with Gasteiger partial charge in [-0.1, -0.05) is 32.6 Å². The summed E-state index contributed by atoms with van der Waals surface area (Å²) in [4.78, 5) is 36.8. The second-order valence-electron chi connectivity index (χ2n) is 11.5. The van der Waals surface area contributed by atoms with Crippen LogP contribution < -0.4 is 4.74 Å². The van der Waals surface area contributed by atoms with Crippen LogP contribution in [0, 0.1) is 12.8 Å². The molecule has 1 fully saturated rings. The predicted molar refractivity (Wildman–Crippen MR) is 167 cm³/mol. The maximum atomic E-state index is 13.6. The SMILES string of the molecule is C=C=C(C(=O)N(CCC=C)CC(C)C)C1=C(N(C)CC(=O)N2CCC(Oc3ccc(C)c(C=NC)c3)CC2)CCC1. The topological polar surface area (TPSA) is 65.5 Å². The molecule has 222 valence electrons. The van der Waals surface area contributed by atoms with Gasteiger partial charge in [-0.25, -0.2) is 0 Å². The Balaban J connectivity index is 1.61. The highest BCUT2D eigenvalue weighted by atomic mass is 16.5. The molecule has 1 heterocycles. The Morgan fingerprint density at radius 1 is 1.24 bits per heavy atom. The molecule has 7 heteroatoms. The van der Waals surface area contributed by atoms with Gasteiger partial charge in [-0.05, 0) is 67.4 Å². The van der Waals surface area contributed by atoms with Crippen LogP contribution in [0.25, 0.3) is 0 Å². The third-order valence-electron chi connectivity index (χ3n) is 7.81. The lowest BCUT2D eigenvalue weighted by molar-refractivity contribution is -0.133. The Morgan fingerprint density at radius 2 is 1.98 bits per heavy atom. The predicted octanol–water partition coefficient (Wildman–Crippen LogP) is 5.56. The minimum Gasteiger partial charge on any atom is -0.490 e. The van der Waals surface area contributed by atoms with Crippen molar-refractivity contribution in [2.75, 3.05) is 46.8 Å². The van der Waals surface area contributed by atoms with E-state index in [1.54, 1.807) is 7.05 Å². The van der Waals surface area contributed by atoms with Crippen LogP contribution in [-0.4, -0.2) is 85.7 Å². The van der Waals surface area contributed by atoms with Crippen molar-refractivity contribution in [1.29, 1.82) is 0 Å².